The van der Waals surface area contributed by atoms with Crippen LogP contribution in [0.4, 0.5) is 23.7 Å². The smallest absolute Gasteiger partial charge is 0.416 e. The average molecular weight is 576 g/mol. The zero-order valence-electron chi connectivity index (χ0n) is 22.9. The number of aromatic nitrogens is 2. The van der Waals surface area contributed by atoms with Crippen molar-refractivity contribution in [3.05, 3.63) is 63.6 Å². The quantitative estimate of drug-likeness (QED) is 0.435. The summed E-state index contributed by atoms with van der Waals surface area (Å²) in [7, 11) is 3.10. The molecule has 1 aromatic heterocycles. The first-order valence-corrected chi connectivity index (χ1v) is 12.4. The summed E-state index contributed by atoms with van der Waals surface area (Å²) in [6.45, 7) is 2.62. The van der Waals surface area contributed by atoms with Gasteiger partial charge in [0.15, 0.2) is 0 Å². The predicted molar refractivity (Wildman–Crippen MR) is 141 cm³/mol. The van der Waals surface area contributed by atoms with Crippen molar-refractivity contribution in [3.63, 3.8) is 0 Å². The summed E-state index contributed by atoms with van der Waals surface area (Å²) >= 11 is 0. The van der Waals surface area contributed by atoms with Gasteiger partial charge < -0.3 is 10.4 Å². The van der Waals surface area contributed by atoms with Gasteiger partial charge in [0.1, 0.15) is 11.5 Å². The molecule has 1 fully saturated rings. The molecular weight excluding hydrogens is 547 g/mol. The van der Waals surface area contributed by atoms with Gasteiger partial charge in [-0.3, -0.25) is 28.5 Å². The molecule has 0 radical (unpaired) electrons. The zero-order valence-corrected chi connectivity index (χ0v) is 22.9. The van der Waals surface area contributed by atoms with Crippen molar-refractivity contribution in [2.24, 2.45) is 20.0 Å². The minimum absolute atomic E-state index is 0.0364. The standard InChI is InChI=1S/C27H28F3N5O6/c1-14-15(7-6-8-18(14)27(28,29)30)12-35-22(37)17(21(36)31-26(2,3)23(38)39)13-34(25(35)41)16-9-10-19-20(11-16)33(5)24(40)32(19)4/h6-11,17H,12-13H2,1-5H3,(H,31,36)(H,38,39). The fraction of sp³-hybridized carbons (Fsp3) is 0.370. The number of carbonyl (C=O) groups excluding carboxylic acids is 3. The van der Waals surface area contributed by atoms with Crippen molar-refractivity contribution in [3.8, 4) is 0 Å². The Hall–Kier alpha value is -4.62. The van der Waals surface area contributed by atoms with E-state index in [4.69, 9.17) is 0 Å². The molecular formula is C27H28F3N5O6. The number of hydrogen-bond donors (Lipinski definition) is 2. The molecule has 41 heavy (non-hydrogen) atoms. The number of carbonyl (C=O) groups is 4. The zero-order chi connectivity index (χ0) is 30.6. The second-order valence-electron chi connectivity index (χ2n) is 10.5. The van der Waals surface area contributed by atoms with Crippen LogP contribution in [0.3, 0.4) is 0 Å². The highest BCUT2D eigenvalue weighted by molar-refractivity contribution is 6.14. The molecule has 0 bridgehead atoms. The van der Waals surface area contributed by atoms with Crippen molar-refractivity contribution in [1.29, 1.82) is 0 Å². The first-order valence-electron chi connectivity index (χ1n) is 12.4. The first kappa shape index (κ1) is 29.4. The van der Waals surface area contributed by atoms with Crippen LogP contribution in [0.25, 0.3) is 11.0 Å². The molecule has 2 N–H and O–H groups in total. The van der Waals surface area contributed by atoms with Crippen molar-refractivity contribution >= 4 is 40.5 Å². The number of aryl methyl sites for hydroxylation is 2. The SMILES string of the molecule is Cc1c(CN2C(=O)C(C(=O)NC(C)(C)C(=O)O)CN(c3ccc4c(c3)n(C)c(=O)n4C)C2=O)cccc1C(F)(F)F. The number of nitrogens with zero attached hydrogens (tertiary/aromatic N) is 4. The van der Waals surface area contributed by atoms with Gasteiger partial charge in [0.2, 0.25) is 11.8 Å². The molecule has 4 rings (SSSR count). The van der Waals surface area contributed by atoms with Gasteiger partial charge in [-0.25, -0.2) is 14.4 Å². The molecule has 1 atom stereocenters. The molecule has 4 amide bonds. The first-order chi connectivity index (χ1) is 19.0. The number of imide groups is 1. The van der Waals surface area contributed by atoms with Gasteiger partial charge in [-0.05, 0) is 56.2 Å². The van der Waals surface area contributed by atoms with E-state index in [2.05, 4.69) is 5.32 Å². The molecule has 0 saturated carbocycles. The number of urea groups is 1. The molecule has 2 aromatic carbocycles. The Morgan fingerprint density at radius 3 is 2.27 bits per heavy atom. The van der Waals surface area contributed by atoms with Gasteiger partial charge >= 0.3 is 23.9 Å². The minimum atomic E-state index is -4.67. The van der Waals surface area contributed by atoms with Crippen LogP contribution in [0.15, 0.2) is 41.2 Å². The van der Waals surface area contributed by atoms with E-state index in [-0.39, 0.29) is 22.5 Å². The molecule has 1 aliphatic heterocycles. The molecule has 1 saturated heterocycles. The van der Waals surface area contributed by atoms with Gasteiger partial charge in [-0.15, -0.1) is 0 Å². The van der Waals surface area contributed by atoms with Gasteiger partial charge in [0.25, 0.3) is 0 Å². The molecule has 218 valence electrons. The fourth-order valence-electron chi connectivity index (χ4n) is 4.77. The number of imidazole rings is 1. The van der Waals surface area contributed by atoms with Crippen LogP contribution in [-0.2, 0) is 41.2 Å². The van der Waals surface area contributed by atoms with E-state index in [1.165, 1.54) is 55.2 Å². The summed E-state index contributed by atoms with van der Waals surface area (Å²) in [5, 5.41) is 11.7. The Balaban J connectivity index is 1.80. The lowest BCUT2D eigenvalue weighted by Crippen LogP contribution is -2.62. The number of hydrogen-bond acceptors (Lipinski definition) is 5. The molecule has 0 aliphatic carbocycles. The number of nitrogens with one attached hydrogen (secondary N) is 1. The highest BCUT2D eigenvalue weighted by Gasteiger charge is 2.45. The largest absolute Gasteiger partial charge is 0.480 e. The third kappa shape index (κ3) is 5.16. The number of halogens is 3. The third-order valence-corrected chi connectivity index (χ3v) is 7.33. The number of anilines is 1. The van der Waals surface area contributed by atoms with E-state index in [0.29, 0.717) is 15.9 Å². The second-order valence-corrected chi connectivity index (χ2v) is 10.5. The Bertz CT molecular complexity index is 1660. The number of alkyl halides is 3. The number of aliphatic carboxylic acids is 1. The normalized spacial score (nSPS) is 16.4. The Labute approximate surface area is 231 Å². The lowest BCUT2D eigenvalue weighted by Gasteiger charge is -2.39. The predicted octanol–water partition coefficient (Wildman–Crippen LogP) is 2.77. The van der Waals surface area contributed by atoms with Crippen molar-refractivity contribution < 1.29 is 37.5 Å². The van der Waals surface area contributed by atoms with Crippen LogP contribution in [0.1, 0.15) is 30.5 Å². The highest BCUT2D eigenvalue weighted by Crippen LogP contribution is 2.34. The summed E-state index contributed by atoms with van der Waals surface area (Å²) in [5.41, 5.74) is -1.95. The maximum Gasteiger partial charge on any atom is 0.416 e. The second kappa shape index (κ2) is 10.1. The van der Waals surface area contributed by atoms with E-state index in [0.717, 1.165) is 17.0 Å². The van der Waals surface area contributed by atoms with Gasteiger partial charge in [-0.2, -0.15) is 13.2 Å². The summed E-state index contributed by atoms with van der Waals surface area (Å²) in [6.07, 6.45) is -4.67. The summed E-state index contributed by atoms with van der Waals surface area (Å²) < 4.78 is 43.4. The monoisotopic (exact) mass is 575 g/mol. The van der Waals surface area contributed by atoms with Crippen LogP contribution in [0, 0.1) is 12.8 Å². The number of fused-ring (bicyclic) bond motifs is 1. The maximum absolute atomic E-state index is 13.7. The van der Waals surface area contributed by atoms with E-state index < -0.39 is 60.1 Å². The lowest BCUT2D eigenvalue weighted by molar-refractivity contribution is -0.149. The van der Waals surface area contributed by atoms with E-state index in [1.807, 2.05) is 0 Å². The number of carboxylic acids is 1. The summed E-state index contributed by atoms with van der Waals surface area (Å²) in [5.74, 6) is -4.91. The maximum atomic E-state index is 13.7. The van der Waals surface area contributed by atoms with Crippen molar-refractivity contribution in [2.45, 2.75) is 39.0 Å². The van der Waals surface area contributed by atoms with Crippen molar-refractivity contribution in [2.75, 3.05) is 11.4 Å². The van der Waals surface area contributed by atoms with E-state index >= 15 is 0 Å². The average Bonchev–Trinajstić information content (AvgIpc) is 3.09. The van der Waals surface area contributed by atoms with E-state index in [1.54, 1.807) is 13.1 Å². The molecule has 3 aromatic rings. The topological polar surface area (TPSA) is 134 Å². The van der Waals surface area contributed by atoms with Gasteiger partial charge in [0.05, 0.1) is 23.1 Å². The number of rotatable bonds is 6. The van der Waals surface area contributed by atoms with Crippen LogP contribution >= 0.6 is 0 Å². The summed E-state index contributed by atoms with van der Waals surface area (Å²) in [4.78, 5) is 66.2. The van der Waals surface area contributed by atoms with Crippen LogP contribution in [-0.4, -0.2) is 55.0 Å². The van der Waals surface area contributed by atoms with Gasteiger partial charge in [0, 0.05) is 26.3 Å². The number of benzene rings is 2. The van der Waals surface area contributed by atoms with Crippen LogP contribution in [0.2, 0.25) is 0 Å². The molecule has 2 heterocycles. The highest BCUT2D eigenvalue weighted by atomic mass is 19.4. The Morgan fingerprint density at radius 2 is 1.66 bits per heavy atom. The Morgan fingerprint density at radius 1 is 1.02 bits per heavy atom. The molecule has 14 heteroatoms. The number of carboxylic acid groups (broad SMARTS) is 1. The fourth-order valence-corrected chi connectivity index (χ4v) is 4.77. The number of amides is 4. The molecule has 1 unspecified atom stereocenters. The van der Waals surface area contributed by atoms with Crippen LogP contribution < -0.4 is 15.9 Å². The third-order valence-electron chi connectivity index (χ3n) is 7.33. The van der Waals surface area contributed by atoms with E-state index in [9.17, 15) is 42.3 Å². The molecule has 0 spiro atoms. The van der Waals surface area contributed by atoms with Gasteiger partial charge in [-0.1, -0.05) is 12.1 Å². The summed E-state index contributed by atoms with van der Waals surface area (Å²) in [6, 6.07) is 7.11. The Kier molecular flexibility index (Phi) is 7.23. The van der Waals surface area contributed by atoms with Crippen LogP contribution in [0.5, 0.6) is 0 Å². The molecule has 11 nitrogen and oxygen atoms in total. The minimum Gasteiger partial charge on any atom is -0.480 e. The molecule has 1 aliphatic rings. The lowest BCUT2D eigenvalue weighted by atomic mass is 9.97. The van der Waals surface area contributed by atoms with Crippen molar-refractivity contribution in [1.82, 2.24) is 19.4 Å².